The van der Waals surface area contributed by atoms with Crippen molar-refractivity contribution in [1.82, 2.24) is 0 Å². The highest BCUT2D eigenvalue weighted by atomic mass is 16.3. The molecule has 0 radical (unpaired) electrons. The van der Waals surface area contributed by atoms with Crippen molar-refractivity contribution >= 4 is 71.3 Å². The summed E-state index contributed by atoms with van der Waals surface area (Å²) in [6, 6.07) is 76.4. The summed E-state index contributed by atoms with van der Waals surface area (Å²) in [5.41, 5.74) is 12.2. The summed E-state index contributed by atoms with van der Waals surface area (Å²) in [5, 5.41) is 9.68. The van der Waals surface area contributed by atoms with Crippen LogP contribution in [0.2, 0.25) is 0 Å². The Labute approximate surface area is 325 Å². The summed E-state index contributed by atoms with van der Waals surface area (Å²) in [6.07, 6.45) is 0. The second kappa shape index (κ2) is 13.2. The summed E-state index contributed by atoms with van der Waals surface area (Å²) < 4.78 is 6.52. The van der Waals surface area contributed by atoms with Crippen molar-refractivity contribution in [3.05, 3.63) is 212 Å². The van der Waals surface area contributed by atoms with Crippen LogP contribution >= 0.6 is 0 Å². The molecule has 0 aliphatic rings. The largest absolute Gasteiger partial charge is 0.455 e. The van der Waals surface area contributed by atoms with Gasteiger partial charge in [-0.1, -0.05) is 158 Å². The zero-order valence-corrected chi connectivity index (χ0v) is 30.6. The monoisotopic (exact) mass is 713 g/mol. The second-order valence-electron chi connectivity index (χ2n) is 14.5. The number of fused-ring (bicyclic) bond motifs is 8. The first-order valence-electron chi connectivity index (χ1n) is 19.2. The third-order valence-electron chi connectivity index (χ3n) is 11.3. The molecule has 11 aromatic rings. The molecule has 0 unspecified atom stereocenters. The van der Waals surface area contributed by atoms with Gasteiger partial charge in [-0.2, -0.15) is 0 Å². The fraction of sp³-hybridized carbons (Fsp3) is 0. The van der Waals surface area contributed by atoms with Crippen LogP contribution in [0, 0.1) is 0 Å². The summed E-state index contributed by atoms with van der Waals surface area (Å²) in [6.45, 7) is 0. The number of hydrogen-bond donors (Lipinski definition) is 0. The van der Waals surface area contributed by atoms with Gasteiger partial charge in [0, 0.05) is 33.2 Å². The standard InChI is InChI=1S/C54H35NO/c1-2-9-36(10-3-1)37-19-27-44(28-20-37)55(45-29-21-38(22-30-45)42-26-33-48-43(35-42)18-17-39-11-4-6-13-47(39)48)46-31-23-41(24-32-46)49-15-8-16-52-53(49)51-34-25-40-12-5-7-14-50(40)54(51)56-52/h1-35H. The third kappa shape index (κ3) is 5.42. The number of nitrogens with zero attached hydrogens (tertiary/aromatic N) is 1. The minimum Gasteiger partial charge on any atom is -0.455 e. The number of furan rings is 1. The van der Waals surface area contributed by atoms with Gasteiger partial charge in [-0.3, -0.25) is 0 Å². The third-order valence-corrected chi connectivity index (χ3v) is 11.3. The predicted octanol–water partition coefficient (Wildman–Crippen LogP) is 15.5. The van der Waals surface area contributed by atoms with Gasteiger partial charge in [-0.25, -0.2) is 0 Å². The van der Waals surface area contributed by atoms with E-state index < -0.39 is 0 Å². The number of anilines is 3. The maximum Gasteiger partial charge on any atom is 0.143 e. The first-order chi connectivity index (χ1) is 27.7. The Morgan fingerprint density at radius 1 is 0.304 bits per heavy atom. The molecule has 0 spiro atoms. The highest BCUT2D eigenvalue weighted by Crippen LogP contribution is 2.42. The van der Waals surface area contributed by atoms with Crippen molar-refractivity contribution in [2.45, 2.75) is 0 Å². The SMILES string of the molecule is c1ccc(-c2ccc(N(c3ccc(-c4ccc5c(ccc6ccccc65)c4)cc3)c3ccc(-c4cccc5oc6c7ccccc7ccc6c45)cc3)cc2)cc1. The minimum atomic E-state index is 0.901. The minimum absolute atomic E-state index is 0.901. The van der Waals surface area contributed by atoms with Crippen LogP contribution in [-0.4, -0.2) is 0 Å². The zero-order chi connectivity index (χ0) is 37.0. The molecule has 0 amide bonds. The molecule has 56 heavy (non-hydrogen) atoms. The maximum absolute atomic E-state index is 6.52. The van der Waals surface area contributed by atoms with Gasteiger partial charge in [0.15, 0.2) is 0 Å². The van der Waals surface area contributed by atoms with Crippen LogP contribution in [0.5, 0.6) is 0 Å². The Morgan fingerprint density at radius 3 is 1.52 bits per heavy atom. The van der Waals surface area contributed by atoms with Gasteiger partial charge in [-0.05, 0) is 115 Å². The Hall–Kier alpha value is -7.42. The van der Waals surface area contributed by atoms with E-state index in [1.54, 1.807) is 0 Å². The molecule has 1 aromatic heterocycles. The van der Waals surface area contributed by atoms with Gasteiger partial charge in [0.05, 0.1) is 0 Å². The maximum atomic E-state index is 6.52. The Bertz CT molecular complexity index is 3210. The fourth-order valence-corrected chi connectivity index (χ4v) is 8.46. The van der Waals surface area contributed by atoms with Crippen molar-refractivity contribution in [2.75, 3.05) is 4.90 Å². The molecule has 2 heteroatoms. The Balaban J connectivity index is 0.985. The van der Waals surface area contributed by atoms with Crippen LogP contribution in [0.15, 0.2) is 217 Å². The Kier molecular flexibility index (Phi) is 7.53. The topological polar surface area (TPSA) is 16.4 Å². The van der Waals surface area contributed by atoms with E-state index in [0.29, 0.717) is 0 Å². The van der Waals surface area contributed by atoms with E-state index in [9.17, 15) is 0 Å². The predicted molar refractivity (Wildman–Crippen MR) is 237 cm³/mol. The lowest BCUT2D eigenvalue weighted by molar-refractivity contribution is 0.673. The lowest BCUT2D eigenvalue weighted by Gasteiger charge is -2.26. The average molecular weight is 714 g/mol. The Morgan fingerprint density at radius 2 is 0.804 bits per heavy atom. The van der Waals surface area contributed by atoms with E-state index in [1.807, 2.05) is 0 Å². The summed E-state index contributed by atoms with van der Waals surface area (Å²) >= 11 is 0. The molecule has 0 aliphatic carbocycles. The first-order valence-corrected chi connectivity index (χ1v) is 19.2. The summed E-state index contributed by atoms with van der Waals surface area (Å²) in [7, 11) is 0. The number of benzene rings is 10. The van der Waals surface area contributed by atoms with Gasteiger partial charge in [-0.15, -0.1) is 0 Å². The van der Waals surface area contributed by atoms with E-state index >= 15 is 0 Å². The van der Waals surface area contributed by atoms with Crippen LogP contribution in [0.1, 0.15) is 0 Å². The average Bonchev–Trinajstić information content (AvgIpc) is 3.67. The molecule has 11 rings (SSSR count). The van der Waals surface area contributed by atoms with E-state index in [2.05, 4.69) is 217 Å². The lowest BCUT2D eigenvalue weighted by atomic mass is 9.97. The molecular weight excluding hydrogens is 679 g/mol. The van der Waals surface area contributed by atoms with Crippen molar-refractivity contribution < 1.29 is 4.42 Å². The highest BCUT2D eigenvalue weighted by Gasteiger charge is 2.17. The molecule has 0 N–H and O–H groups in total. The van der Waals surface area contributed by atoms with Gasteiger partial charge in [0.25, 0.3) is 0 Å². The first kappa shape index (κ1) is 32.0. The van der Waals surface area contributed by atoms with Gasteiger partial charge >= 0.3 is 0 Å². The van der Waals surface area contributed by atoms with Gasteiger partial charge < -0.3 is 9.32 Å². The number of hydrogen-bond acceptors (Lipinski definition) is 2. The second-order valence-corrected chi connectivity index (χ2v) is 14.5. The van der Waals surface area contributed by atoms with Crippen molar-refractivity contribution in [2.24, 2.45) is 0 Å². The van der Waals surface area contributed by atoms with Crippen molar-refractivity contribution in [3.63, 3.8) is 0 Å². The molecule has 2 nitrogen and oxygen atoms in total. The van der Waals surface area contributed by atoms with E-state index in [-0.39, 0.29) is 0 Å². The molecule has 262 valence electrons. The molecule has 10 aromatic carbocycles. The van der Waals surface area contributed by atoms with Crippen LogP contribution < -0.4 is 4.90 Å². The van der Waals surface area contributed by atoms with E-state index in [4.69, 9.17) is 4.42 Å². The molecule has 0 aliphatic heterocycles. The fourth-order valence-electron chi connectivity index (χ4n) is 8.46. The molecule has 0 saturated heterocycles. The van der Waals surface area contributed by atoms with Crippen molar-refractivity contribution in [1.29, 1.82) is 0 Å². The van der Waals surface area contributed by atoms with Crippen LogP contribution in [0.4, 0.5) is 17.1 Å². The molecular formula is C54H35NO. The van der Waals surface area contributed by atoms with Crippen molar-refractivity contribution in [3.8, 4) is 33.4 Å². The van der Waals surface area contributed by atoms with Crippen LogP contribution in [-0.2, 0) is 0 Å². The quantitative estimate of drug-likeness (QED) is 0.160. The molecule has 0 atom stereocenters. The smallest absolute Gasteiger partial charge is 0.143 e. The lowest BCUT2D eigenvalue weighted by Crippen LogP contribution is -2.09. The molecule has 0 saturated carbocycles. The molecule has 1 heterocycles. The van der Waals surface area contributed by atoms with E-state index in [0.717, 1.165) is 55.5 Å². The highest BCUT2D eigenvalue weighted by molar-refractivity contribution is 6.19. The molecule has 0 fully saturated rings. The van der Waals surface area contributed by atoms with E-state index in [1.165, 1.54) is 49.2 Å². The molecule has 0 bridgehead atoms. The summed E-state index contributed by atoms with van der Waals surface area (Å²) in [4.78, 5) is 2.34. The summed E-state index contributed by atoms with van der Waals surface area (Å²) in [5.74, 6) is 0. The van der Waals surface area contributed by atoms with Crippen LogP contribution in [0.25, 0.3) is 87.6 Å². The van der Waals surface area contributed by atoms with Crippen LogP contribution in [0.3, 0.4) is 0 Å². The van der Waals surface area contributed by atoms with Gasteiger partial charge in [0.2, 0.25) is 0 Å². The normalized spacial score (nSPS) is 11.6. The van der Waals surface area contributed by atoms with Gasteiger partial charge in [0.1, 0.15) is 11.2 Å². The number of rotatable bonds is 6. The zero-order valence-electron chi connectivity index (χ0n) is 30.6.